The van der Waals surface area contributed by atoms with E-state index in [1.165, 1.54) is 6.07 Å². The molecule has 2 N–H and O–H groups in total. The van der Waals surface area contributed by atoms with Crippen molar-refractivity contribution in [2.24, 2.45) is 5.92 Å². The highest BCUT2D eigenvalue weighted by Crippen LogP contribution is 2.33. The average Bonchev–Trinajstić information content (AvgIpc) is 2.34. The lowest BCUT2D eigenvalue weighted by Gasteiger charge is -2.23. The van der Waals surface area contributed by atoms with Crippen LogP contribution in [0.15, 0.2) is 12.1 Å². The Kier molecular flexibility index (Phi) is 4.17. The summed E-state index contributed by atoms with van der Waals surface area (Å²) in [7, 11) is 0. The van der Waals surface area contributed by atoms with Crippen LogP contribution in [0.4, 0.5) is 8.78 Å². The number of phenols is 1. The number of alkyl halides is 2. The SMILES string of the molecule is Cc1cc(CC2CCNCC2)cc(C(F)F)c1O. The van der Waals surface area contributed by atoms with Crippen LogP contribution in [0.3, 0.4) is 0 Å². The fourth-order valence-corrected chi connectivity index (χ4v) is 2.59. The lowest BCUT2D eigenvalue weighted by Crippen LogP contribution is -2.28. The highest BCUT2D eigenvalue weighted by molar-refractivity contribution is 5.43. The highest BCUT2D eigenvalue weighted by Gasteiger charge is 2.18. The van der Waals surface area contributed by atoms with E-state index in [1.807, 2.05) is 6.07 Å². The second-order valence-electron chi connectivity index (χ2n) is 5.05. The van der Waals surface area contributed by atoms with Crippen molar-refractivity contribution in [1.29, 1.82) is 0 Å². The third-order valence-corrected chi connectivity index (χ3v) is 3.61. The molecule has 0 radical (unpaired) electrons. The Morgan fingerprint density at radius 3 is 2.61 bits per heavy atom. The summed E-state index contributed by atoms with van der Waals surface area (Å²) in [6, 6.07) is 3.28. The van der Waals surface area contributed by atoms with Gasteiger partial charge < -0.3 is 10.4 Å². The van der Waals surface area contributed by atoms with Gasteiger partial charge in [0.2, 0.25) is 0 Å². The molecular formula is C14H19F2NO. The predicted molar refractivity (Wildman–Crippen MR) is 67.1 cm³/mol. The van der Waals surface area contributed by atoms with E-state index in [9.17, 15) is 13.9 Å². The first-order valence-electron chi connectivity index (χ1n) is 6.39. The smallest absolute Gasteiger partial charge is 0.267 e. The van der Waals surface area contributed by atoms with E-state index < -0.39 is 6.43 Å². The predicted octanol–water partition coefficient (Wildman–Crippen LogP) is 3.18. The number of hydrogen-bond donors (Lipinski definition) is 2. The monoisotopic (exact) mass is 255 g/mol. The van der Waals surface area contributed by atoms with Crippen LogP contribution < -0.4 is 5.32 Å². The number of piperidine rings is 1. The van der Waals surface area contributed by atoms with Gasteiger partial charge in [0, 0.05) is 0 Å². The summed E-state index contributed by atoms with van der Waals surface area (Å²) in [4.78, 5) is 0. The van der Waals surface area contributed by atoms with Crippen molar-refractivity contribution in [2.45, 2.75) is 32.6 Å². The Balaban J connectivity index is 2.17. The van der Waals surface area contributed by atoms with Crippen molar-refractivity contribution in [3.63, 3.8) is 0 Å². The van der Waals surface area contributed by atoms with Gasteiger partial charge in [-0.3, -0.25) is 0 Å². The molecule has 1 aromatic carbocycles. The maximum Gasteiger partial charge on any atom is 0.267 e. The molecule has 1 aromatic rings. The van der Waals surface area contributed by atoms with E-state index in [4.69, 9.17) is 0 Å². The number of halogens is 2. The number of aryl methyl sites for hydroxylation is 1. The minimum absolute atomic E-state index is 0.237. The van der Waals surface area contributed by atoms with Crippen LogP contribution in [0.2, 0.25) is 0 Å². The molecule has 100 valence electrons. The maximum atomic E-state index is 12.8. The van der Waals surface area contributed by atoms with Crippen molar-refractivity contribution in [3.05, 3.63) is 28.8 Å². The number of nitrogens with one attached hydrogen (secondary N) is 1. The number of rotatable bonds is 3. The van der Waals surface area contributed by atoms with E-state index in [2.05, 4.69) is 5.32 Å². The molecule has 0 atom stereocenters. The lowest BCUT2D eigenvalue weighted by molar-refractivity contribution is 0.147. The number of hydrogen-bond acceptors (Lipinski definition) is 2. The summed E-state index contributed by atoms with van der Waals surface area (Å²) < 4.78 is 25.6. The molecule has 0 bridgehead atoms. The summed E-state index contributed by atoms with van der Waals surface area (Å²) in [6.45, 7) is 3.68. The molecule has 0 aliphatic carbocycles. The molecule has 0 saturated carbocycles. The van der Waals surface area contributed by atoms with Crippen molar-refractivity contribution >= 4 is 0 Å². The molecule has 1 aliphatic heterocycles. The molecule has 0 amide bonds. The Morgan fingerprint density at radius 1 is 1.33 bits per heavy atom. The fourth-order valence-electron chi connectivity index (χ4n) is 2.59. The standard InChI is InChI=1S/C14H19F2NO/c1-9-6-11(7-10-2-4-17-5-3-10)8-12(13(9)18)14(15)16/h6,8,10,14,17-18H,2-5,7H2,1H3. The summed E-state index contributed by atoms with van der Waals surface area (Å²) in [6.07, 6.45) is 0.382. The average molecular weight is 255 g/mol. The largest absolute Gasteiger partial charge is 0.507 e. The van der Waals surface area contributed by atoms with Gasteiger partial charge in [0.1, 0.15) is 5.75 Å². The molecule has 1 heterocycles. The first-order valence-corrected chi connectivity index (χ1v) is 6.39. The minimum Gasteiger partial charge on any atom is -0.507 e. The summed E-state index contributed by atoms with van der Waals surface area (Å²) in [5.74, 6) is 0.291. The Hall–Kier alpha value is -1.16. The first kappa shape index (κ1) is 13.3. The van der Waals surface area contributed by atoms with Crippen molar-refractivity contribution in [3.8, 4) is 5.75 Å². The van der Waals surface area contributed by atoms with E-state index in [-0.39, 0.29) is 11.3 Å². The zero-order chi connectivity index (χ0) is 13.1. The second kappa shape index (κ2) is 5.65. The first-order chi connectivity index (χ1) is 8.58. The zero-order valence-electron chi connectivity index (χ0n) is 10.5. The van der Waals surface area contributed by atoms with Gasteiger partial charge >= 0.3 is 0 Å². The number of aromatic hydroxyl groups is 1. The molecule has 0 aromatic heterocycles. The summed E-state index contributed by atoms with van der Waals surface area (Å²) in [5.41, 5.74) is 1.21. The van der Waals surface area contributed by atoms with Gasteiger partial charge in [-0.2, -0.15) is 0 Å². The topological polar surface area (TPSA) is 32.3 Å². The molecule has 1 aliphatic rings. The van der Waals surface area contributed by atoms with Gasteiger partial charge in [0.15, 0.2) is 0 Å². The minimum atomic E-state index is -2.61. The van der Waals surface area contributed by atoms with Gasteiger partial charge in [-0.1, -0.05) is 6.07 Å². The van der Waals surface area contributed by atoms with Crippen LogP contribution in [-0.4, -0.2) is 18.2 Å². The summed E-state index contributed by atoms with van der Waals surface area (Å²) >= 11 is 0. The van der Waals surface area contributed by atoms with Crippen LogP contribution in [0.1, 0.15) is 36.0 Å². The Labute approximate surface area is 106 Å². The molecule has 1 fully saturated rings. The van der Waals surface area contributed by atoms with Gasteiger partial charge in [-0.25, -0.2) is 8.78 Å². The van der Waals surface area contributed by atoms with Crippen LogP contribution in [0, 0.1) is 12.8 Å². The third kappa shape index (κ3) is 2.99. The normalized spacial score (nSPS) is 17.3. The van der Waals surface area contributed by atoms with Crippen molar-refractivity contribution in [1.82, 2.24) is 5.32 Å². The molecular weight excluding hydrogens is 236 g/mol. The van der Waals surface area contributed by atoms with Gasteiger partial charge in [0.05, 0.1) is 5.56 Å². The number of phenolic OH excluding ortho intramolecular Hbond substituents is 1. The fraction of sp³-hybridized carbons (Fsp3) is 0.571. The molecule has 0 unspecified atom stereocenters. The van der Waals surface area contributed by atoms with Crippen molar-refractivity contribution < 1.29 is 13.9 Å². The maximum absolute atomic E-state index is 12.8. The number of benzene rings is 1. The quantitative estimate of drug-likeness (QED) is 0.869. The van der Waals surface area contributed by atoms with E-state index >= 15 is 0 Å². The van der Waals surface area contributed by atoms with Gasteiger partial charge in [-0.05, 0) is 62.4 Å². The molecule has 0 spiro atoms. The molecule has 2 nitrogen and oxygen atoms in total. The van der Waals surface area contributed by atoms with Gasteiger partial charge in [0.25, 0.3) is 6.43 Å². The lowest BCUT2D eigenvalue weighted by atomic mass is 9.89. The molecule has 18 heavy (non-hydrogen) atoms. The second-order valence-corrected chi connectivity index (χ2v) is 5.05. The van der Waals surface area contributed by atoms with E-state index in [0.29, 0.717) is 11.5 Å². The van der Waals surface area contributed by atoms with Crippen LogP contribution in [0.5, 0.6) is 5.75 Å². The van der Waals surface area contributed by atoms with Crippen molar-refractivity contribution in [2.75, 3.05) is 13.1 Å². The van der Waals surface area contributed by atoms with Crippen LogP contribution >= 0.6 is 0 Å². The summed E-state index contributed by atoms with van der Waals surface area (Å²) in [5, 5.41) is 12.9. The molecule has 1 saturated heterocycles. The van der Waals surface area contributed by atoms with Gasteiger partial charge in [-0.15, -0.1) is 0 Å². The Bertz CT molecular complexity index is 415. The van der Waals surface area contributed by atoms with Crippen LogP contribution in [0.25, 0.3) is 0 Å². The zero-order valence-corrected chi connectivity index (χ0v) is 10.5. The Morgan fingerprint density at radius 2 is 2.00 bits per heavy atom. The molecule has 2 rings (SSSR count). The van der Waals surface area contributed by atoms with Crippen LogP contribution in [-0.2, 0) is 6.42 Å². The highest BCUT2D eigenvalue weighted by atomic mass is 19.3. The third-order valence-electron chi connectivity index (χ3n) is 3.61. The van der Waals surface area contributed by atoms with E-state index in [1.54, 1.807) is 6.92 Å². The molecule has 4 heteroatoms. The van der Waals surface area contributed by atoms with E-state index in [0.717, 1.165) is 37.9 Å².